The first-order valence-electron chi connectivity index (χ1n) is 27.3. The smallest absolute Gasteiger partial charge is 0.306 e. The Hall–Kier alpha value is -2.11. The molecule has 0 fully saturated rings. The minimum Gasteiger partial charge on any atom is -0.462 e. The van der Waals surface area contributed by atoms with Crippen LogP contribution in [0.3, 0.4) is 0 Å². The lowest BCUT2D eigenvalue weighted by Crippen LogP contribution is -2.30. The van der Waals surface area contributed by atoms with Gasteiger partial charge in [0.15, 0.2) is 6.10 Å². The van der Waals surface area contributed by atoms with Crippen LogP contribution in [0.2, 0.25) is 0 Å². The van der Waals surface area contributed by atoms with Crippen LogP contribution in [-0.4, -0.2) is 37.2 Å². The maximum Gasteiger partial charge on any atom is 0.306 e. The van der Waals surface area contributed by atoms with Crippen molar-refractivity contribution >= 4 is 17.9 Å². The average molecular weight is 873 g/mol. The van der Waals surface area contributed by atoms with E-state index in [9.17, 15) is 14.4 Å². The van der Waals surface area contributed by atoms with Crippen LogP contribution in [0.4, 0.5) is 0 Å². The van der Waals surface area contributed by atoms with Gasteiger partial charge in [-0.15, -0.1) is 0 Å². The number of carbonyl (C=O) groups is 3. The summed E-state index contributed by atoms with van der Waals surface area (Å²) in [5.74, 6) is -0.859. The van der Waals surface area contributed by atoms with Crippen LogP contribution in [0.25, 0.3) is 0 Å². The Bertz CT molecular complexity index is 1000. The van der Waals surface area contributed by atoms with Gasteiger partial charge in [-0.05, 0) is 51.4 Å². The first-order chi connectivity index (χ1) is 30.5. The highest BCUT2D eigenvalue weighted by Gasteiger charge is 2.19. The normalized spacial score (nSPS) is 12.1. The molecule has 0 aromatic carbocycles. The Labute approximate surface area is 385 Å². The second-order valence-corrected chi connectivity index (χ2v) is 18.5. The second kappa shape index (κ2) is 51.5. The molecule has 0 radical (unpaired) electrons. The van der Waals surface area contributed by atoms with Crippen LogP contribution in [0.15, 0.2) is 24.3 Å². The van der Waals surface area contributed by atoms with Gasteiger partial charge in [0.25, 0.3) is 0 Å². The topological polar surface area (TPSA) is 78.9 Å². The van der Waals surface area contributed by atoms with Gasteiger partial charge < -0.3 is 14.2 Å². The van der Waals surface area contributed by atoms with Crippen LogP contribution in [0.1, 0.15) is 297 Å². The van der Waals surface area contributed by atoms with Crippen molar-refractivity contribution in [2.45, 2.75) is 303 Å². The van der Waals surface area contributed by atoms with E-state index in [1.807, 2.05) is 0 Å². The minimum atomic E-state index is -0.768. The molecule has 0 aromatic heterocycles. The molecule has 0 aliphatic rings. The summed E-state index contributed by atoms with van der Waals surface area (Å²) in [6.07, 6.45) is 58.7. The van der Waals surface area contributed by atoms with Crippen molar-refractivity contribution in [2.24, 2.45) is 0 Å². The SMILES string of the molecule is CCCCCC/C=C\C/C=C\CCCCCCCCCC(=O)OCC(COC(=O)CCCCCCCCCCCCCC)OC(=O)CCCCCCCCCCCCCCCC. The van der Waals surface area contributed by atoms with Gasteiger partial charge in [-0.2, -0.15) is 0 Å². The molecular weight excluding hydrogens is 769 g/mol. The van der Waals surface area contributed by atoms with Crippen LogP contribution in [0, 0.1) is 0 Å². The maximum atomic E-state index is 12.8. The van der Waals surface area contributed by atoms with E-state index in [1.165, 1.54) is 186 Å². The highest BCUT2D eigenvalue weighted by molar-refractivity contribution is 5.71. The Balaban J connectivity index is 4.32. The van der Waals surface area contributed by atoms with Gasteiger partial charge in [-0.1, -0.05) is 251 Å². The van der Waals surface area contributed by atoms with E-state index < -0.39 is 6.10 Å². The zero-order chi connectivity index (χ0) is 45.1. The molecule has 1 unspecified atom stereocenters. The summed E-state index contributed by atoms with van der Waals surface area (Å²) >= 11 is 0. The molecule has 62 heavy (non-hydrogen) atoms. The highest BCUT2D eigenvalue weighted by Crippen LogP contribution is 2.16. The third kappa shape index (κ3) is 48.9. The molecule has 364 valence electrons. The van der Waals surface area contributed by atoms with E-state index in [1.54, 1.807) is 0 Å². The van der Waals surface area contributed by atoms with Crippen molar-refractivity contribution < 1.29 is 28.6 Å². The lowest BCUT2D eigenvalue weighted by Gasteiger charge is -2.18. The Kier molecular flexibility index (Phi) is 49.8. The predicted molar refractivity (Wildman–Crippen MR) is 266 cm³/mol. The summed E-state index contributed by atoms with van der Waals surface area (Å²) in [7, 11) is 0. The number of esters is 3. The van der Waals surface area contributed by atoms with E-state index in [4.69, 9.17) is 14.2 Å². The Morgan fingerprint density at radius 1 is 0.323 bits per heavy atom. The molecule has 0 saturated heterocycles. The summed E-state index contributed by atoms with van der Waals surface area (Å²) in [6.45, 7) is 6.65. The van der Waals surface area contributed by atoms with Crippen molar-refractivity contribution in [2.75, 3.05) is 13.2 Å². The summed E-state index contributed by atoms with van der Waals surface area (Å²) in [4.78, 5) is 38.0. The monoisotopic (exact) mass is 873 g/mol. The number of hydrogen-bond donors (Lipinski definition) is 0. The zero-order valence-electron chi connectivity index (χ0n) is 41.7. The molecule has 0 heterocycles. The fourth-order valence-corrected chi connectivity index (χ4v) is 8.06. The first kappa shape index (κ1) is 59.9. The number of rotatable bonds is 50. The molecule has 0 amide bonds. The molecule has 6 heteroatoms. The quantitative estimate of drug-likeness (QED) is 0.0262. The van der Waals surface area contributed by atoms with Gasteiger partial charge in [0.05, 0.1) is 0 Å². The van der Waals surface area contributed by atoms with Crippen molar-refractivity contribution in [1.29, 1.82) is 0 Å². The molecule has 0 rings (SSSR count). The third-order valence-corrected chi connectivity index (χ3v) is 12.2. The van der Waals surface area contributed by atoms with Crippen LogP contribution < -0.4 is 0 Å². The van der Waals surface area contributed by atoms with Crippen molar-refractivity contribution in [1.82, 2.24) is 0 Å². The number of carbonyl (C=O) groups excluding carboxylic acids is 3. The van der Waals surface area contributed by atoms with Crippen LogP contribution in [0.5, 0.6) is 0 Å². The molecular formula is C56H104O6. The van der Waals surface area contributed by atoms with Gasteiger partial charge in [0.1, 0.15) is 13.2 Å². The van der Waals surface area contributed by atoms with Crippen molar-refractivity contribution in [3.05, 3.63) is 24.3 Å². The lowest BCUT2D eigenvalue weighted by molar-refractivity contribution is -0.167. The summed E-state index contributed by atoms with van der Waals surface area (Å²) in [5.41, 5.74) is 0. The number of allylic oxidation sites excluding steroid dienone is 4. The van der Waals surface area contributed by atoms with Crippen molar-refractivity contribution in [3.8, 4) is 0 Å². The Morgan fingerprint density at radius 2 is 0.581 bits per heavy atom. The molecule has 0 aliphatic heterocycles. The molecule has 0 aromatic rings. The standard InChI is InChI=1S/C56H104O6/c1-4-7-10-13-16-19-22-25-27-28-29-30-32-34-37-40-43-46-49-55(58)61-52-53(51-60-54(57)48-45-42-39-36-33-24-21-18-15-12-9-6-3)62-56(59)50-47-44-41-38-35-31-26-23-20-17-14-11-8-5-2/h19,22,27-28,53H,4-18,20-21,23-26,29-52H2,1-3H3/b22-19-,28-27-. The predicted octanol–water partition coefficient (Wildman–Crippen LogP) is 17.9. The molecule has 0 saturated carbocycles. The van der Waals surface area contributed by atoms with Crippen LogP contribution in [-0.2, 0) is 28.6 Å². The van der Waals surface area contributed by atoms with E-state index in [0.717, 1.165) is 70.6 Å². The van der Waals surface area contributed by atoms with Gasteiger partial charge in [0.2, 0.25) is 0 Å². The van der Waals surface area contributed by atoms with E-state index in [-0.39, 0.29) is 31.1 Å². The van der Waals surface area contributed by atoms with E-state index in [2.05, 4.69) is 45.1 Å². The van der Waals surface area contributed by atoms with Crippen molar-refractivity contribution in [3.63, 3.8) is 0 Å². The molecule has 0 bridgehead atoms. The molecule has 6 nitrogen and oxygen atoms in total. The summed E-state index contributed by atoms with van der Waals surface area (Å²) in [5, 5.41) is 0. The van der Waals surface area contributed by atoms with Gasteiger partial charge >= 0.3 is 17.9 Å². The van der Waals surface area contributed by atoms with Gasteiger partial charge in [-0.25, -0.2) is 0 Å². The molecule has 0 spiro atoms. The minimum absolute atomic E-state index is 0.0686. The van der Waals surface area contributed by atoms with Gasteiger partial charge in [-0.3, -0.25) is 14.4 Å². The largest absolute Gasteiger partial charge is 0.462 e. The van der Waals surface area contributed by atoms with Gasteiger partial charge in [0, 0.05) is 19.3 Å². The molecule has 1 atom stereocenters. The summed E-state index contributed by atoms with van der Waals surface area (Å²) < 4.78 is 16.8. The summed E-state index contributed by atoms with van der Waals surface area (Å²) in [6, 6.07) is 0. The molecule has 0 N–H and O–H groups in total. The number of ether oxygens (including phenoxy) is 3. The Morgan fingerprint density at radius 3 is 0.903 bits per heavy atom. The van der Waals surface area contributed by atoms with E-state index >= 15 is 0 Å². The zero-order valence-corrected chi connectivity index (χ0v) is 41.7. The maximum absolute atomic E-state index is 12.8. The average Bonchev–Trinajstić information content (AvgIpc) is 3.27. The highest BCUT2D eigenvalue weighted by atomic mass is 16.6. The third-order valence-electron chi connectivity index (χ3n) is 12.2. The first-order valence-corrected chi connectivity index (χ1v) is 27.3. The second-order valence-electron chi connectivity index (χ2n) is 18.5. The van der Waals surface area contributed by atoms with Crippen LogP contribution >= 0.6 is 0 Å². The fraction of sp³-hybridized carbons (Fsp3) is 0.875. The molecule has 0 aliphatic carbocycles. The number of hydrogen-bond acceptors (Lipinski definition) is 6. The fourth-order valence-electron chi connectivity index (χ4n) is 8.06. The lowest BCUT2D eigenvalue weighted by atomic mass is 10.0. The van der Waals surface area contributed by atoms with E-state index in [0.29, 0.717) is 19.3 Å². The number of unbranched alkanes of at least 4 members (excludes halogenated alkanes) is 35.